The van der Waals surface area contributed by atoms with Gasteiger partial charge in [0.25, 0.3) is 5.56 Å². The summed E-state index contributed by atoms with van der Waals surface area (Å²) in [6.45, 7) is 3.23. The highest BCUT2D eigenvalue weighted by atomic mass is 79.9. The maximum Gasteiger partial charge on any atom is 0.344 e. The molecule has 12 heteroatoms. The van der Waals surface area contributed by atoms with E-state index in [1.54, 1.807) is 25.1 Å². The number of ether oxygens (including phenoxy) is 2. The Morgan fingerprint density at radius 1 is 1.31 bits per heavy atom. The number of hydrogen-bond donors (Lipinski definition) is 0. The standard InChI is InChI=1S/C23H22BrClN4O6/c1-3-5-6-20-27-18-8-7-15(24)10-17(18)23(31)28(20)26-12-14-9-16(25)11-19(29(32)33)22(14)35-13-21(30)34-4-2/h7-12H,3-6,13H2,1-2H3. The maximum atomic E-state index is 13.3. The summed E-state index contributed by atoms with van der Waals surface area (Å²) in [5, 5.41) is 16.3. The molecule has 10 nitrogen and oxygen atoms in total. The Kier molecular flexibility index (Phi) is 8.94. The van der Waals surface area contributed by atoms with E-state index >= 15 is 0 Å². The molecule has 0 radical (unpaired) electrons. The molecular weight excluding hydrogens is 544 g/mol. The van der Waals surface area contributed by atoms with Gasteiger partial charge < -0.3 is 9.47 Å². The molecule has 1 aromatic heterocycles. The van der Waals surface area contributed by atoms with Crippen molar-refractivity contribution >= 4 is 56.3 Å². The fourth-order valence-electron chi connectivity index (χ4n) is 3.25. The molecule has 3 rings (SSSR count). The van der Waals surface area contributed by atoms with E-state index in [4.69, 9.17) is 21.1 Å². The van der Waals surface area contributed by atoms with Gasteiger partial charge in [0.05, 0.1) is 28.6 Å². The summed E-state index contributed by atoms with van der Waals surface area (Å²) in [5.74, 6) is -0.480. The largest absolute Gasteiger partial charge is 0.474 e. The van der Waals surface area contributed by atoms with Crippen LogP contribution in [0.3, 0.4) is 0 Å². The molecule has 0 spiro atoms. The topological polar surface area (TPSA) is 126 Å². The molecule has 0 bridgehead atoms. The zero-order valence-corrected chi connectivity index (χ0v) is 21.3. The number of esters is 1. The number of carbonyl (C=O) groups is 1. The van der Waals surface area contributed by atoms with Crippen LogP contribution in [-0.2, 0) is 16.0 Å². The molecule has 3 aromatic rings. The average Bonchev–Trinajstić information content (AvgIpc) is 2.81. The summed E-state index contributed by atoms with van der Waals surface area (Å²) in [4.78, 5) is 40.5. The molecule has 0 saturated carbocycles. The number of carbonyl (C=O) groups excluding carboxylic acids is 1. The number of aryl methyl sites for hydroxylation is 1. The number of nitro groups is 1. The first-order valence-corrected chi connectivity index (χ1v) is 11.9. The van der Waals surface area contributed by atoms with Crippen LogP contribution in [0.15, 0.2) is 44.7 Å². The summed E-state index contributed by atoms with van der Waals surface area (Å²) in [7, 11) is 0. The Balaban J connectivity index is 2.13. The van der Waals surface area contributed by atoms with Crippen LogP contribution >= 0.6 is 27.5 Å². The van der Waals surface area contributed by atoms with E-state index in [-0.39, 0.29) is 22.9 Å². The van der Waals surface area contributed by atoms with Gasteiger partial charge in [-0.1, -0.05) is 40.9 Å². The van der Waals surface area contributed by atoms with Crippen LogP contribution in [-0.4, -0.2) is 40.0 Å². The van der Waals surface area contributed by atoms with Gasteiger partial charge in [0.15, 0.2) is 6.61 Å². The lowest BCUT2D eigenvalue weighted by Crippen LogP contribution is -2.22. The van der Waals surface area contributed by atoms with Crippen molar-refractivity contribution in [2.75, 3.05) is 13.2 Å². The van der Waals surface area contributed by atoms with Crippen LogP contribution in [0.25, 0.3) is 10.9 Å². The summed E-state index contributed by atoms with van der Waals surface area (Å²) >= 11 is 9.45. The van der Waals surface area contributed by atoms with Gasteiger partial charge in [-0.05, 0) is 37.6 Å². The van der Waals surface area contributed by atoms with Crippen molar-refractivity contribution in [3.05, 3.63) is 71.7 Å². The van der Waals surface area contributed by atoms with E-state index in [1.165, 1.54) is 12.3 Å². The van der Waals surface area contributed by atoms with Crippen molar-refractivity contribution in [3.63, 3.8) is 0 Å². The Labute approximate surface area is 213 Å². The number of unbranched alkanes of at least 4 members (excludes halogenated alkanes) is 1. The second-order valence-electron chi connectivity index (χ2n) is 7.35. The van der Waals surface area contributed by atoms with Gasteiger partial charge in [-0.25, -0.2) is 9.78 Å². The third-order valence-corrected chi connectivity index (χ3v) is 5.55. The molecule has 0 fully saturated rings. The third-order valence-electron chi connectivity index (χ3n) is 4.84. The number of fused-ring (bicyclic) bond motifs is 1. The monoisotopic (exact) mass is 564 g/mol. The van der Waals surface area contributed by atoms with Gasteiger partial charge in [-0.2, -0.15) is 9.78 Å². The minimum atomic E-state index is -0.693. The molecule has 0 saturated heterocycles. The van der Waals surface area contributed by atoms with Crippen molar-refractivity contribution in [1.29, 1.82) is 0 Å². The van der Waals surface area contributed by atoms with Gasteiger partial charge in [0.2, 0.25) is 5.75 Å². The molecular formula is C23H22BrClN4O6. The average molecular weight is 566 g/mol. The van der Waals surface area contributed by atoms with Crippen LogP contribution in [0.2, 0.25) is 5.02 Å². The van der Waals surface area contributed by atoms with Crippen LogP contribution in [0, 0.1) is 10.1 Å². The van der Waals surface area contributed by atoms with Crippen molar-refractivity contribution in [2.24, 2.45) is 5.10 Å². The molecule has 0 unspecified atom stereocenters. The summed E-state index contributed by atoms with van der Waals surface area (Å²) < 4.78 is 12.1. The van der Waals surface area contributed by atoms with E-state index in [0.29, 0.717) is 27.6 Å². The van der Waals surface area contributed by atoms with Gasteiger partial charge in [0.1, 0.15) is 5.82 Å². The third kappa shape index (κ3) is 6.43. The number of rotatable bonds is 10. The Morgan fingerprint density at radius 3 is 2.77 bits per heavy atom. The number of nitro benzene ring substituents is 1. The zero-order chi connectivity index (χ0) is 25.5. The van der Waals surface area contributed by atoms with Crippen molar-refractivity contribution in [3.8, 4) is 5.75 Å². The highest BCUT2D eigenvalue weighted by Gasteiger charge is 2.22. The smallest absolute Gasteiger partial charge is 0.344 e. The highest BCUT2D eigenvalue weighted by Crippen LogP contribution is 2.34. The van der Waals surface area contributed by atoms with Crippen molar-refractivity contribution in [2.45, 2.75) is 33.1 Å². The Hall–Kier alpha value is -3.31. The number of benzene rings is 2. The van der Waals surface area contributed by atoms with Crippen molar-refractivity contribution < 1.29 is 19.2 Å². The van der Waals surface area contributed by atoms with Crippen LogP contribution in [0.1, 0.15) is 38.1 Å². The maximum absolute atomic E-state index is 13.3. The molecule has 0 atom stereocenters. The number of halogens is 2. The molecule has 1 heterocycles. The number of hydrogen-bond acceptors (Lipinski definition) is 8. The Morgan fingerprint density at radius 2 is 2.09 bits per heavy atom. The predicted molar refractivity (Wildman–Crippen MR) is 136 cm³/mol. The fourth-order valence-corrected chi connectivity index (χ4v) is 3.83. The van der Waals surface area contributed by atoms with E-state index in [9.17, 15) is 19.7 Å². The zero-order valence-electron chi connectivity index (χ0n) is 19.0. The molecule has 0 aliphatic rings. The second-order valence-corrected chi connectivity index (χ2v) is 8.70. The second kappa shape index (κ2) is 11.9. The van der Waals surface area contributed by atoms with Gasteiger partial charge in [0, 0.05) is 27.5 Å². The summed E-state index contributed by atoms with van der Waals surface area (Å²) in [6.07, 6.45) is 3.38. The van der Waals surface area contributed by atoms with E-state index in [2.05, 4.69) is 26.0 Å². The Bertz CT molecular complexity index is 1360. The molecule has 0 aliphatic heterocycles. The lowest BCUT2D eigenvalue weighted by atomic mass is 10.2. The first-order chi connectivity index (χ1) is 16.7. The minimum Gasteiger partial charge on any atom is -0.474 e. The van der Waals surface area contributed by atoms with E-state index in [0.717, 1.165) is 23.6 Å². The van der Waals surface area contributed by atoms with Gasteiger partial charge in [-0.15, -0.1) is 0 Å². The summed E-state index contributed by atoms with van der Waals surface area (Å²) in [5.41, 5.74) is -0.213. The van der Waals surface area contributed by atoms with Crippen molar-refractivity contribution in [1.82, 2.24) is 9.66 Å². The van der Waals surface area contributed by atoms with Crippen LogP contribution in [0.5, 0.6) is 5.75 Å². The fraction of sp³-hybridized carbons (Fsp3) is 0.304. The number of nitrogens with zero attached hydrogens (tertiary/aromatic N) is 4. The van der Waals surface area contributed by atoms with Crippen LogP contribution in [0.4, 0.5) is 5.69 Å². The normalized spacial score (nSPS) is 11.2. The lowest BCUT2D eigenvalue weighted by Gasteiger charge is -2.11. The number of aromatic nitrogens is 2. The highest BCUT2D eigenvalue weighted by molar-refractivity contribution is 9.10. The molecule has 35 heavy (non-hydrogen) atoms. The predicted octanol–water partition coefficient (Wildman–Crippen LogP) is 4.89. The van der Waals surface area contributed by atoms with Gasteiger partial charge >= 0.3 is 11.7 Å². The molecule has 0 N–H and O–H groups in total. The SMILES string of the molecule is CCCCc1nc2ccc(Br)cc2c(=O)n1N=Cc1cc(Cl)cc([N+](=O)[O-])c1OCC(=O)OCC. The van der Waals surface area contributed by atoms with E-state index in [1.807, 2.05) is 6.92 Å². The summed E-state index contributed by atoms with van der Waals surface area (Å²) in [6, 6.07) is 7.68. The molecule has 0 aliphatic carbocycles. The molecule has 184 valence electrons. The minimum absolute atomic E-state index is 0.0563. The lowest BCUT2D eigenvalue weighted by molar-refractivity contribution is -0.385. The van der Waals surface area contributed by atoms with Gasteiger partial charge in [-0.3, -0.25) is 14.9 Å². The first kappa shape index (κ1) is 26.3. The first-order valence-electron chi connectivity index (χ1n) is 10.8. The molecule has 2 aromatic carbocycles. The van der Waals surface area contributed by atoms with E-state index < -0.39 is 28.7 Å². The quantitative estimate of drug-likeness (QED) is 0.148. The molecule has 0 amide bonds. The van der Waals surface area contributed by atoms with Crippen LogP contribution < -0.4 is 10.3 Å².